The fraction of sp³-hybridized carbons (Fsp3) is 0.435. The topological polar surface area (TPSA) is 66.5 Å². The van der Waals surface area contributed by atoms with Crippen molar-refractivity contribution in [3.8, 4) is 11.1 Å². The molecule has 0 spiro atoms. The minimum Gasteiger partial charge on any atom is -0.338 e. The second-order valence-corrected chi connectivity index (χ2v) is 9.94. The van der Waals surface area contributed by atoms with E-state index in [1.54, 1.807) is 0 Å². The minimum atomic E-state index is -3.36. The number of nitrogens with one attached hydrogen (secondary N) is 1. The molecular formula is C23H30N2O3S. The molecule has 1 fully saturated rings. The average molecular weight is 415 g/mol. The number of carbonyl (C=O) groups is 1. The average Bonchev–Trinajstić information content (AvgIpc) is 2.68. The molecule has 1 aliphatic rings. The number of sulfonamides is 1. The van der Waals surface area contributed by atoms with Crippen molar-refractivity contribution in [2.75, 3.05) is 12.8 Å². The lowest BCUT2D eigenvalue weighted by Gasteiger charge is -2.42. The fourth-order valence-corrected chi connectivity index (χ4v) is 4.90. The zero-order valence-corrected chi connectivity index (χ0v) is 18.2. The van der Waals surface area contributed by atoms with Gasteiger partial charge in [0.25, 0.3) is 0 Å². The van der Waals surface area contributed by atoms with Crippen molar-refractivity contribution in [2.24, 2.45) is 5.92 Å². The van der Waals surface area contributed by atoms with Gasteiger partial charge in [0.15, 0.2) is 0 Å². The third-order valence-corrected chi connectivity index (χ3v) is 6.13. The zero-order chi connectivity index (χ0) is 21.0. The molecule has 156 valence electrons. The van der Waals surface area contributed by atoms with Crippen LogP contribution in [0.5, 0.6) is 0 Å². The third-order valence-electron chi connectivity index (χ3n) is 5.40. The second-order valence-electron chi connectivity index (χ2n) is 8.16. The van der Waals surface area contributed by atoms with Gasteiger partial charge in [-0.2, -0.15) is 0 Å². The van der Waals surface area contributed by atoms with Crippen LogP contribution in [0.4, 0.5) is 0 Å². The molecule has 0 aliphatic carbocycles. The Bertz CT molecular complexity index is 942. The van der Waals surface area contributed by atoms with Crippen molar-refractivity contribution >= 4 is 15.9 Å². The summed E-state index contributed by atoms with van der Waals surface area (Å²) in [6.45, 7) is 4.45. The van der Waals surface area contributed by atoms with Crippen molar-refractivity contribution in [1.29, 1.82) is 0 Å². The van der Waals surface area contributed by atoms with E-state index < -0.39 is 10.0 Å². The third kappa shape index (κ3) is 5.67. The fourth-order valence-electron chi connectivity index (χ4n) is 4.08. The summed E-state index contributed by atoms with van der Waals surface area (Å²) in [5, 5.41) is 0. The number of likely N-dealkylation sites (tertiary alicyclic amines) is 1. The Hall–Kier alpha value is -2.18. The number of amides is 1. The molecular weight excluding hydrogens is 384 g/mol. The summed E-state index contributed by atoms with van der Waals surface area (Å²) >= 11 is 0. The number of carbonyl (C=O) groups excluding carboxylic acids is 1. The van der Waals surface area contributed by atoms with Gasteiger partial charge in [-0.3, -0.25) is 4.79 Å². The molecule has 1 aliphatic heterocycles. The van der Waals surface area contributed by atoms with Crippen LogP contribution in [-0.2, 0) is 21.2 Å². The van der Waals surface area contributed by atoms with Crippen LogP contribution >= 0.6 is 0 Å². The first-order valence-corrected chi connectivity index (χ1v) is 12.1. The Labute approximate surface area is 174 Å². The lowest BCUT2D eigenvalue weighted by molar-refractivity contribution is -0.138. The summed E-state index contributed by atoms with van der Waals surface area (Å²) in [6, 6.07) is 18.0. The first-order valence-electron chi connectivity index (χ1n) is 10.2. The summed E-state index contributed by atoms with van der Waals surface area (Å²) < 4.78 is 26.6. The SMILES string of the molecule is CC(C)C(=O)N1CCC[C@H](NS(C)(=O)=O)[C@@H]1Cc1cccc(-c2ccccc2)c1. The molecule has 1 saturated heterocycles. The van der Waals surface area contributed by atoms with Crippen LogP contribution in [0.1, 0.15) is 32.3 Å². The van der Waals surface area contributed by atoms with Crippen molar-refractivity contribution in [3.05, 3.63) is 60.2 Å². The number of benzene rings is 2. The standard InChI is InChI=1S/C23H30N2O3S/c1-17(2)23(26)25-14-8-13-21(24-29(3,27)28)22(25)16-18-9-7-12-20(15-18)19-10-5-4-6-11-19/h4-7,9-12,15,17,21-22,24H,8,13-14,16H2,1-3H3/t21-,22-/m0/s1. The Morgan fingerprint density at radius 1 is 1.10 bits per heavy atom. The van der Waals surface area contributed by atoms with Crippen molar-refractivity contribution in [2.45, 2.75) is 45.2 Å². The number of hydrogen-bond acceptors (Lipinski definition) is 3. The second kappa shape index (κ2) is 9.09. The molecule has 2 aromatic carbocycles. The maximum Gasteiger partial charge on any atom is 0.225 e. The minimum absolute atomic E-state index is 0.0780. The summed E-state index contributed by atoms with van der Waals surface area (Å²) in [4.78, 5) is 14.7. The molecule has 5 nitrogen and oxygen atoms in total. The predicted molar refractivity (Wildman–Crippen MR) is 117 cm³/mol. The highest BCUT2D eigenvalue weighted by molar-refractivity contribution is 7.88. The molecule has 0 bridgehead atoms. The van der Waals surface area contributed by atoms with Crippen LogP contribution in [0.3, 0.4) is 0 Å². The van der Waals surface area contributed by atoms with Gasteiger partial charge < -0.3 is 4.90 Å². The summed E-state index contributed by atoms with van der Waals surface area (Å²) in [5.41, 5.74) is 3.35. The summed E-state index contributed by atoms with van der Waals surface area (Å²) in [5.74, 6) is -0.0423. The Morgan fingerprint density at radius 3 is 2.45 bits per heavy atom. The van der Waals surface area contributed by atoms with Crippen LogP contribution < -0.4 is 4.72 Å². The van der Waals surface area contributed by atoms with Crippen molar-refractivity contribution < 1.29 is 13.2 Å². The maximum absolute atomic E-state index is 12.8. The van der Waals surface area contributed by atoms with Gasteiger partial charge in [0.2, 0.25) is 15.9 Å². The van der Waals surface area contributed by atoms with E-state index in [1.807, 2.05) is 43.0 Å². The van der Waals surface area contributed by atoms with E-state index in [9.17, 15) is 13.2 Å². The van der Waals surface area contributed by atoms with Gasteiger partial charge >= 0.3 is 0 Å². The molecule has 29 heavy (non-hydrogen) atoms. The molecule has 3 rings (SSSR count). The first kappa shape index (κ1) is 21.5. The predicted octanol–water partition coefficient (Wildman–Crippen LogP) is 3.46. The molecule has 0 unspecified atom stereocenters. The highest BCUT2D eigenvalue weighted by Gasteiger charge is 2.36. The van der Waals surface area contributed by atoms with E-state index >= 15 is 0 Å². The number of nitrogens with zero attached hydrogens (tertiary/aromatic N) is 1. The van der Waals surface area contributed by atoms with Crippen LogP contribution in [0.2, 0.25) is 0 Å². The molecule has 6 heteroatoms. The molecule has 0 saturated carbocycles. The number of hydrogen-bond donors (Lipinski definition) is 1. The van der Waals surface area contributed by atoms with Crippen LogP contribution in [-0.4, -0.2) is 44.1 Å². The molecule has 1 heterocycles. The van der Waals surface area contributed by atoms with Crippen LogP contribution in [0.25, 0.3) is 11.1 Å². The smallest absolute Gasteiger partial charge is 0.225 e. The van der Waals surface area contributed by atoms with E-state index in [4.69, 9.17) is 0 Å². The maximum atomic E-state index is 12.8. The van der Waals surface area contributed by atoms with Gasteiger partial charge in [0, 0.05) is 18.5 Å². The highest BCUT2D eigenvalue weighted by Crippen LogP contribution is 2.26. The van der Waals surface area contributed by atoms with Gasteiger partial charge in [-0.05, 0) is 36.0 Å². The van der Waals surface area contributed by atoms with E-state index in [0.717, 1.165) is 29.5 Å². The summed E-state index contributed by atoms with van der Waals surface area (Å²) in [6.07, 6.45) is 3.33. The Morgan fingerprint density at radius 2 is 1.79 bits per heavy atom. The van der Waals surface area contributed by atoms with E-state index in [1.165, 1.54) is 6.26 Å². The molecule has 1 N–H and O–H groups in total. The Kier molecular flexibility index (Phi) is 6.75. The molecule has 0 radical (unpaired) electrons. The van der Waals surface area contributed by atoms with E-state index in [2.05, 4.69) is 35.1 Å². The molecule has 2 atom stereocenters. The Balaban J connectivity index is 1.91. The van der Waals surface area contributed by atoms with Crippen LogP contribution in [0, 0.1) is 5.92 Å². The van der Waals surface area contributed by atoms with E-state index in [-0.39, 0.29) is 23.9 Å². The lowest BCUT2D eigenvalue weighted by Crippen LogP contribution is -2.58. The zero-order valence-electron chi connectivity index (χ0n) is 17.3. The molecule has 0 aromatic heterocycles. The van der Waals surface area contributed by atoms with E-state index in [0.29, 0.717) is 13.0 Å². The number of piperidine rings is 1. The van der Waals surface area contributed by atoms with Crippen molar-refractivity contribution in [3.63, 3.8) is 0 Å². The molecule has 1 amide bonds. The lowest BCUT2D eigenvalue weighted by atomic mass is 9.89. The highest BCUT2D eigenvalue weighted by atomic mass is 32.2. The van der Waals surface area contributed by atoms with Crippen molar-refractivity contribution in [1.82, 2.24) is 9.62 Å². The largest absolute Gasteiger partial charge is 0.338 e. The normalized spacial score (nSPS) is 20.1. The molecule has 2 aromatic rings. The van der Waals surface area contributed by atoms with Gasteiger partial charge in [0.1, 0.15) is 0 Å². The van der Waals surface area contributed by atoms with Gasteiger partial charge in [-0.25, -0.2) is 13.1 Å². The monoisotopic (exact) mass is 414 g/mol. The number of rotatable bonds is 6. The quantitative estimate of drug-likeness (QED) is 0.787. The van der Waals surface area contributed by atoms with Gasteiger partial charge in [0.05, 0.1) is 12.3 Å². The van der Waals surface area contributed by atoms with Crippen LogP contribution in [0.15, 0.2) is 54.6 Å². The van der Waals surface area contributed by atoms with Gasteiger partial charge in [-0.1, -0.05) is 68.4 Å². The van der Waals surface area contributed by atoms with Gasteiger partial charge in [-0.15, -0.1) is 0 Å². The summed E-state index contributed by atoms with van der Waals surface area (Å²) in [7, 11) is -3.36. The first-order chi connectivity index (χ1) is 13.7.